The zero-order valence-corrected chi connectivity index (χ0v) is 13.2. The molecule has 1 aromatic rings. The van der Waals surface area contributed by atoms with Crippen molar-refractivity contribution in [3.63, 3.8) is 0 Å². The van der Waals surface area contributed by atoms with Crippen LogP contribution in [0.4, 0.5) is 4.39 Å². The standard InChI is InChI=1S/C16H19FO4S/c1-21-11-5-6-14(15(17)9-11)16(18)10-7-12-3-2-4-13(8-10)22(12,19)20/h5-6,9-10,12-13H,2-4,7-8H2,1H3. The topological polar surface area (TPSA) is 60.4 Å². The van der Waals surface area contributed by atoms with Gasteiger partial charge in [0.15, 0.2) is 15.6 Å². The molecule has 2 bridgehead atoms. The number of methoxy groups -OCH3 is 1. The molecular weight excluding hydrogens is 307 g/mol. The summed E-state index contributed by atoms with van der Waals surface area (Å²) >= 11 is 0. The van der Waals surface area contributed by atoms with Crippen LogP contribution in [0.25, 0.3) is 0 Å². The van der Waals surface area contributed by atoms with Gasteiger partial charge >= 0.3 is 0 Å². The van der Waals surface area contributed by atoms with Crippen LogP contribution in [0.3, 0.4) is 0 Å². The number of hydrogen-bond donors (Lipinski definition) is 0. The summed E-state index contributed by atoms with van der Waals surface area (Å²) < 4.78 is 43.5. The number of Topliss-reactive ketones (excluding diaryl/α,β-unsaturated/α-hetero) is 1. The summed E-state index contributed by atoms with van der Waals surface area (Å²) in [5.74, 6) is -0.936. The lowest BCUT2D eigenvalue weighted by Crippen LogP contribution is -2.45. The van der Waals surface area contributed by atoms with E-state index in [0.717, 1.165) is 6.42 Å². The maximum Gasteiger partial charge on any atom is 0.168 e. The first-order chi connectivity index (χ1) is 10.4. The summed E-state index contributed by atoms with van der Waals surface area (Å²) in [6, 6.07) is 4.17. The number of sulfone groups is 1. The number of carbonyl (C=O) groups excluding carboxylic acids is 1. The van der Waals surface area contributed by atoms with Crippen molar-refractivity contribution in [3.8, 4) is 5.75 Å². The largest absolute Gasteiger partial charge is 0.497 e. The molecule has 22 heavy (non-hydrogen) atoms. The Morgan fingerprint density at radius 1 is 1.23 bits per heavy atom. The quantitative estimate of drug-likeness (QED) is 0.801. The van der Waals surface area contributed by atoms with E-state index in [-0.39, 0.29) is 11.3 Å². The Kier molecular flexibility index (Phi) is 3.97. The first-order valence-corrected chi connectivity index (χ1v) is 9.15. The van der Waals surface area contributed by atoms with Crippen LogP contribution in [-0.4, -0.2) is 31.8 Å². The monoisotopic (exact) mass is 326 g/mol. The third kappa shape index (κ3) is 2.53. The molecule has 2 aliphatic heterocycles. The lowest BCUT2D eigenvalue weighted by atomic mass is 9.84. The molecule has 120 valence electrons. The van der Waals surface area contributed by atoms with Crippen LogP contribution in [0, 0.1) is 11.7 Å². The van der Waals surface area contributed by atoms with Gasteiger partial charge in [-0.1, -0.05) is 6.42 Å². The lowest BCUT2D eigenvalue weighted by molar-refractivity contribution is 0.0889. The van der Waals surface area contributed by atoms with Crippen LogP contribution in [-0.2, 0) is 9.84 Å². The molecular formula is C16H19FO4S. The smallest absolute Gasteiger partial charge is 0.168 e. The van der Waals surface area contributed by atoms with Crippen LogP contribution < -0.4 is 4.74 Å². The van der Waals surface area contributed by atoms with Crippen LogP contribution in [0.5, 0.6) is 5.75 Å². The number of carbonyl (C=O) groups is 1. The van der Waals surface area contributed by atoms with Crippen molar-refractivity contribution in [2.24, 2.45) is 5.92 Å². The zero-order valence-electron chi connectivity index (χ0n) is 12.4. The van der Waals surface area contributed by atoms with Crippen molar-refractivity contribution in [3.05, 3.63) is 29.6 Å². The molecule has 2 fully saturated rings. The number of ketones is 1. The molecule has 0 N–H and O–H groups in total. The van der Waals surface area contributed by atoms with Crippen molar-refractivity contribution in [1.29, 1.82) is 0 Å². The molecule has 0 amide bonds. The van der Waals surface area contributed by atoms with Gasteiger partial charge in [0.25, 0.3) is 0 Å². The summed E-state index contributed by atoms with van der Waals surface area (Å²) in [6.07, 6.45) is 2.78. The highest BCUT2D eigenvalue weighted by atomic mass is 32.2. The average molecular weight is 326 g/mol. The summed E-state index contributed by atoms with van der Waals surface area (Å²) in [4.78, 5) is 12.6. The second-order valence-electron chi connectivity index (χ2n) is 6.14. The highest BCUT2D eigenvalue weighted by molar-refractivity contribution is 7.92. The Balaban J connectivity index is 1.85. The number of fused-ring (bicyclic) bond motifs is 2. The Bertz CT molecular complexity index is 678. The molecule has 0 spiro atoms. The Morgan fingerprint density at radius 2 is 1.86 bits per heavy atom. The van der Waals surface area contributed by atoms with Crippen LogP contribution >= 0.6 is 0 Å². The van der Waals surface area contributed by atoms with Gasteiger partial charge in [-0.2, -0.15) is 0 Å². The molecule has 2 saturated heterocycles. The van der Waals surface area contributed by atoms with Crippen LogP contribution in [0.2, 0.25) is 0 Å². The van der Waals surface area contributed by atoms with E-state index < -0.39 is 32.1 Å². The van der Waals surface area contributed by atoms with Gasteiger partial charge in [0.2, 0.25) is 0 Å². The SMILES string of the molecule is COc1ccc(C(=O)C2CC3CCCC(C2)S3(=O)=O)c(F)c1. The minimum atomic E-state index is -3.10. The maximum absolute atomic E-state index is 14.1. The Labute approximate surface area is 129 Å². The van der Waals surface area contributed by atoms with Gasteiger partial charge in [-0.15, -0.1) is 0 Å². The van der Waals surface area contributed by atoms with Crippen LogP contribution in [0.15, 0.2) is 18.2 Å². The van der Waals surface area contributed by atoms with E-state index in [1.807, 2.05) is 0 Å². The third-order valence-corrected chi connectivity index (χ3v) is 7.60. The van der Waals surface area contributed by atoms with Gasteiger partial charge in [0, 0.05) is 12.0 Å². The van der Waals surface area contributed by atoms with E-state index in [1.165, 1.54) is 19.2 Å². The summed E-state index contributed by atoms with van der Waals surface area (Å²) in [7, 11) is -1.67. The lowest BCUT2D eigenvalue weighted by Gasteiger charge is -2.38. The molecule has 0 saturated carbocycles. The number of rotatable bonds is 3. The van der Waals surface area contributed by atoms with Crippen molar-refractivity contribution < 1.29 is 22.3 Å². The molecule has 2 atom stereocenters. The van der Waals surface area contributed by atoms with Crippen molar-refractivity contribution >= 4 is 15.6 Å². The Morgan fingerprint density at radius 3 is 2.41 bits per heavy atom. The Hall–Kier alpha value is -1.43. The summed E-state index contributed by atoms with van der Waals surface area (Å²) in [5, 5.41) is -0.870. The van der Waals surface area contributed by atoms with Gasteiger partial charge in [-0.05, 0) is 37.8 Å². The number of benzene rings is 1. The van der Waals surface area contributed by atoms with Gasteiger partial charge in [0.1, 0.15) is 11.6 Å². The summed E-state index contributed by atoms with van der Waals surface area (Å²) in [5.41, 5.74) is 0.0307. The number of hydrogen-bond acceptors (Lipinski definition) is 4. The molecule has 3 rings (SSSR count). The third-order valence-electron chi connectivity index (χ3n) is 4.89. The fourth-order valence-electron chi connectivity index (χ4n) is 3.67. The maximum atomic E-state index is 14.1. The fraction of sp³-hybridized carbons (Fsp3) is 0.562. The first-order valence-electron chi connectivity index (χ1n) is 7.54. The number of ether oxygens (including phenoxy) is 1. The second-order valence-corrected chi connectivity index (χ2v) is 8.65. The highest BCUT2D eigenvalue weighted by Crippen LogP contribution is 2.40. The van der Waals surface area contributed by atoms with E-state index in [0.29, 0.717) is 31.4 Å². The highest BCUT2D eigenvalue weighted by Gasteiger charge is 2.46. The zero-order chi connectivity index (χ0) is 15.9. The van der Waals surface area contributed by atoms with Gasteiger partial charge in [-0.3, -0.25) is 4.79 Å². The van der Waals surface area contributed by atoms with Crippen LogP contribution in [0.1, 0.15) is 42.5 Å². The molecule has 2 unspecified atom stereocenters. The van der Waals surface area contributed by atoms with Gasteiger partial charge in [0.05, 0.1) is 23.2 Å². The van der Waals surface area contributed by atoms with E-state index in [2.05, 4.69) is 0 Å². The molecule has 0 aromatic heterocycles. The molecule has 2 heterocycles. The van der Waals surface area contributed by atoms with E-state index >= 15 is 0 Å². The minimum Gasteiger partial charge on any atom is -0.497 e. The molecule has 2 aliphatic rings. The molecule has 4 nitrogen and oxygen atoms in total. The predicted molar refractivity (Wildman–Crippen MR) is 80.4 cm³/mol. The van der Waals surface area contributed by atoms with Gasteiger partial charge < -0.3 is 4.74 Å². The molecule has 0 aliphatic carbocycles. The first kappa shape index (κ1) is 15.5. The van der Waals surface area contributed by atoms with E-state index in [9.17, 15) is 17.6 Å². The van der Waals surface area contributed by atoms with Crippen molar-refractivity contribution in [2.45, 2.75) is 42.6 Å². The molecule has 0 radical (unpaired) electrons. The molecule has 1 aromatic carbocycles. The minimum absolute atomic E-state index is 0.0307. The van der Waals surface area contributed by atoms with Gasteiger partial charge in [-0.25, -0.2) is 12.8 Å². The van der Waals surface area contributed by atoms with Crippen molar-refractivity contribution in [2.75, 3.05) is 7.11 Å². The summed E-state index contributed by atoms with van der Waals surface area (Å²) in [6.45, 7) is 0. The van der Waals surface area contributed by atoms with E-state index in [1.54, 1.807) is 6.07 Å². The second kappa shape index (κ2) is 5.65. The number of halogens is 1. The fourth-order valence-corrected chi connectivity index (χ4v) is 6.20. The average Bonchev–Trinajstić information content (AvgIpc) is 2.45. The van der Waals surface area contributed by atoms with Crippen molar-refractivity contribution in [1.82, 2.24) is 0 Å². The predicted octanol–water partition coefficient (Wildman–Crippen LogP) is 2.76. The normalized spacial score (nSPS) is 29.8. The molecule has 6 heteroatoms. The van der Waals surface area contributed by atoms with E-state index in [4.69, 9.17) is 4.74 Å².